The zero-order valence-electron chi connectivity index (χ0n) is 26.7. The maximum atomic E-state index is 12.5. The zero-order valence-corrected chi connectivity index (χ0v) is 26.7. The van der Waals surface area contributed by atoms with E-state index >= 15 is 0 Å². The molecule has 2 fully saturated rings. The molecule has 0 bridgehead atoms. The Morgan fingerprint density at radius 3 is 2.02 bits per heavy atom. The number of rotatable bonds is 8. The molecule has 2 aromatic carbocycles. The Labute approximate surface area is 280 Å². The fourth-order valence-corrected chi connectivity index (χ4v) is 5.72. The van der Waals surface area contributed by atoms with Crippen LogP contribution in [0.25, 0.3) is 22.5 Å². The van der Waals surface area contributed by atoms with Crippen LogP contribution in [0.15, 0.2) is 53.3 Å². The summed E-state index contributed by atoms with van der Waals surface area (Å²) >= 11 is 0. The van der Waals surface area contributed by atoms with Gasteiger partial charge in [0.2, 0.25) is 17.8 Å². The summed E-state index contributed by atoms with van der Waals surface area (Å²) in [5.74, 6) is 3.47. The summed E-state index contributed by atoms with van der Waals surface area (Å²) in [6.45, 7) is 6.14. The lowest BCUT2D eigenvalue weighted by atomic mass is 10.0. The molecule has 3 aliphatic rings. The van der Waals surface area contributed by atoms with Crippen molar-refractivity contribution in [3.63, 3.8) is 0 Å². The van der Waals surface area contributed by atoms with E-state index in [0.29, 0.717) is 80.9 Å². The number of ether oxygens (including phenoxy) is 5. The Balaban J connectivity index is 0.000000184. The van der Waals surface area contributed by atoms with Crippen molar-refractivity contribution < 1.29 is 28.8 Å². The molecule has 4 aromatic rings. The first kappa shape index (κ1) is 34.6. The van der Waals surface area contributed by atoms with Gasteiger partial charge in [-0.25, -0.2) is 9.97 Å². The summed E-state index contributed by atoms with van der Waals surface area (Å²) in [4.78, 5) is 33.6. The van der Waals surface area contributed by atoms with Crippen molar-refractivity contribution >= 4 is 11.9 Å². The van der Waals surface area contributed by atoms with Gasteiger partial charge in [0.05, 0.1) is 58.6 Å². The maximum absolute atomic E-state index is 12.5. The van der Waals surface area contributed by atoms with Gasteiger partial charge in [-0.2, -0.15) is 4.98 Å². The molecule has 5 heterocycles. The number of aromatic nitrogens is 4. The predicted octanol–water partition coefficient (Wildman–Crippen LogP) is 3.38. The topological polar surface area (TPSA) is 144 Å². The van der Waals surface area contributed by atoms with E-state index in [2.05, 4.69) is 19.9 Å². The van der Waals surface area contributed by atoms with Crippen LogP contribution in [-0.2, 0) is 22.3 Å². The normalized spacial score (nSPS) is 15.4. The summed E-state index contributed by atoms with van der Waals surface area (Å²) < 4.78 is 27.1. The highest BCUT2D eigenvalue weighted by Gasteiger charge is 2.25. The average Bonchev–Trinajstić information content (AvgIpc) is 3.62. The Hall–Kier alpha value is -4.72. The van der Waals surface area contributed by atoms with Crippen molar-refractivity contribution in [2.45, 2.75) is 20.3 Å². The molecule has 13 nitrogen and oxygen atoms in total. The molecule has 13 heteroatoms. The Morgan fingerprint density at radius 2 is 1.42 bits per heavy atom. The molecule has 0 saturated carbocycles. The van der Waals surface area contributed by atoms with E-state index in [9.17, 15) is 9.90 Å². The minimum atomic E-state index is -0.224. The van der Waals surface area contributed by atoms with Gasteiger partial charge in [-0.05, 0) is 24.3 Å². The van der Waals surface area contributed by atoms with Gasteiger partial charge in [0, 0.05) is 67.9 Å². The Kier molecular flexibility index (Phi) is 11.8. The number of aromatic amines is 1. The van der Waals surface area contributed by atoms with Crippen molar-refractivity contribution in [1.82, 2.24) is 19.9 Å². The highest BCUT2D eigenvalue weighted by Crippen LogP contribution is 2.35. The van der Waals surface area contributed by atoms with Crippen molar-refractivity contribution in [3.05, 3.63) is 70.0 Å². The molecule has 2 saturated heterocycles. The molecule has 0 spiro atoms. The van der Waals surface area contributed by atoms with E-state index in [1.807, 2.05) is 53.4 Å². The van der Waals surface area contributed by atoms with E-state index < -0.39 is 0 Å². The van der Waals surface area contributed by atoms with Gasteiger partial charge in [-0.15, -0.1) is 0 Å². The van der Waals surface area contributed by atoms with Crippen molar-refractivity contribution in [3.8, 4) is 39.9 Å². The molecule has 7 rings (SSSR count). The van der Waals surface area contributed by atoms with Crippen molar-refractivity contribution in [1.29, 1.82) is 0 Å². The lowest BCUT2D eigenvalue weighted by molar-refractivity contribution is 0.122. The molecule has 0 amide bonds. The van der Waals surface area contributed by atoms with Crippen LogP contribution in [0, 0.1) is 0 Å². The molecule has 2 N–H and O–H groups in total. The van der Waals surface area contributed by atoms with Gasteiger partial charge in [0.25, 0.3) is 5.56 Å². The number of aliphatic hydroxyl groups is 1. The summed E-state index contributed by atoms with van der Waals surface area (Å²) in [5, 5.41) is 9.30. The number of benzene rings is 2. The number of nitrogens with zero attached hydrogens (tertiary/aromatic N) is 5. The molecule has 48 heavy (non-hydrogen) atoms. The summed E-state index contributed by atoms with van der Waals surface area (Å²) in [5.41, 5.74) is 4.67. The first-order chi connectivity index (χ1) is 23.1. The molecular formula is C35H44N6O7. The molecule has 256 valence electrons. The fourth-order valence-electron chi connectivity index (χ4n) is 5.72. The Bertz CT molecular complexity index is 1720. The van der Waals surface area contributed by atoms with E-state index in [4.69, 9.17) is 28.7 Å². The van der Waals surface area contributed by atoms with Gasteiger partial charge in [0.1, 0.15) is 11.5 Å². The van der Waals surface area contributed by atoms with Crippen molar-refractivity contribution in [2.24, 2.45) is 0 Å². The SMILES string of the molecule is C.COc1cccc(-c2nc(N3CCOCC3)[nH]c(=O)c2CCO)c1.COc1cccc(-c2nc(N3CCOCC3)nc3c2CCO3)c1. The third-order valence-electron chi connectivity index (χ3n) is 8.20. The van der Waals surface area contributed by atoms with Crippen LogP contribution in [0.4, 0.5) is 11.9 Å². The minimum Gasteiger partial charge on any atom is -0.497 e. The van der Waals surface area contributed by atoms with Crippen molar-refractivity contribution in [2.75, 3.05) is 89.8 Å². The van der Waals surface area contributed by atoms with Crippen LogP contribution in [0.3, 0.4) is 0 Å². The third kappa shape index (κ3) is 7.87. The third-order valence-corrected chi connectivity index (χ3v) is 8.20. The van der Waals surface area contributed by atoms with E-state index in [0.717, 1.165) is 47.6 Å². The van der Waals surface area contributed by atoms with Crippen LogP contribution in [0.2, 0.25) is 0 Å². The molecule has 0 aliphatic carbocycles. The van der Waals surface area contributed by atoms with Gasteiger partial charge in [-0.3, -0.25) is 9.78 Å². The maximum Gasteiger partial charge on any atom is 0.256 e. The number of nitrogens with one attached hydrogen (secondary N) is 1. The number of aliphatic hydroxyl groups excluding tert-OH is 1. The quantitative estimate of drug-likeness (QED) is 0.286. The average molecular weight is 661 g/mol. The van der Waals surface area contributed by atoms with Gasteiger partial charge in [0.15, 0.2) is 0 Å². The number of H-pyrrole nitrogens is 1. The number of morpholine rings is 2. The standard InChI is InChI=1S/C17H21N3O4.C17H19N3O3.CH4/c1-23-13-4-2-3-12(11-13)15-14(5-8-21)16(22)19-17(18-15)20-6-9-24-10-7-20;1-21-13-4-2-3-12(11-13)15-14-5-8-23-16(14)19-17(18-15)20-6-9-22-10-7-20;/h2-4,11,21H,5-10H2,1H3,(H,18,19,22);2-4,11H,5-10H2,1H3;1H4. The van der Waals surface area contributed by atoms with Gasteiger partial charge < -0.3 is 38.6 Å². The minimum absolute atomic E-state index is 0. The van der Waals surface area contributed by atoms with Crippen LogP contribution >= 0.6 is 0 Å². The summed E-state index contributed by atoms with van der Waals surface area (Å²) in [7, 11) is 3.27. The molecule has 0 unspecified atom stereocenters. The molecule has 3 aliphatic heterocycles. The second-order valence-corrected chi connectivity index (χ2v) is 11.1. The highest BCUT2D eigenvalue weighted by molar-refractivity contribution is 5.69. The summed E-state index contributed by atoms with van der Waals surface area (Å²) in [6.07, 6.45) is 1.09. The predicted molar refractivity (Wildman–Crippen MR) is 184 cm³/mol. The zero-order chi connectivity index (χ0) is 32.6. The molecule has 0 atom stereocenters. The highest BCUT2D eigenvalue weighted by atomic mass is 16.5. The number of methoxy groups -OCH3 is 2. The number of anilines is 2. The van der Waals surface area contributed by atoms with Gasteiger partial charge in [-0.1, -0.05) is 31.7 Å². The van der Waals surface area contributed by atoms with E-state index in [-0.39, 0.29) is 26.0 Å². The summed E-state index contributed by atoms with van der Waals surface area (Å²) in [6, 6.07) is 15.4. The second-order valence-electron chi connectivity index (χ2n) is 11.1. The lowest BCUT2D eigenvalue weighted by Gasteiger charge is -2.27. The molecular weight excluding hydrogens is 616 g/mol. The van der Waals surface area contributed by atoms with E-state index in [1.165, 1.54) is 0 Å². The van der Waals surface area contributed by atoms with Crippen LogP contribution in [-0.4, -0.2) is 105 Å². The number of hydrogen-bond acceptors (Lipinski definition) is 12. The van der Waals surface area contributed by atoms with Crippen LogP contribution < -0.4 is 29.6 Å². The first-order valence-electron chi connectivity index (χ1n) is 15.8. The number of fused-ring (bicyclic) bond motifs is 1. The van der Waals surface area contributed by atoms with E-state index in [1.54, 1.807) is 14.2 Å². The Morgan fingerprint density at radius 1 is 0.812 bits per heavy atom. The smallest absolute Gasteiger partial charge is 0.256 e. The largest absolute Gasteiger partial charge is 0.497 e. The van der Waals surface area contributed by atoms with Crippen LogP contribution in [0.5, 0.6) is 17.4 Å². The monoisotopic (exact) mass is 660 g/mol. The molecule has 0 radical (unpaired) electrons. The fraction of sp³-hybridized carbons (Fsp3) is 0.429. The van der Waals surface area contributed by atoms with Crippen LogP contribution in [0.1, 0.15) is 18.6 Å². The van der Waals surface area contributed by atoms with Gasteiger partial charge >= 0.3 is 0 Å². The first-order valence-corrected chi connectivity index (χ1v) is 15.8. The second kappa shape index (κ2) is 16.4. The molecule has 2 aromatic heterocycles. The lowest BCUT2D eigenvalue weighted by Crippen LogP contribution is -2.38. The number of hydrogen-bond donors (Lipinski definition) is 2.